The van der Waals surface area contributed by atoms with Crippen LogP contribution in [0, 0.1) is 0 Å². The first-order valence-electron chi connectivity index (χ1n) is 5.89. The molecule has 0 spiro atoms. The summed E-state index contributed by atoms with van der Waals surface area (Å²) in [5.74, 6) is 0.287. The van der Waals surface area contributed by atoms with E-state index in [1.165, 1.54) is 7.11 Å². The molecule has 1 fully saturated rings. The van der Waals surface area contributed by atoms with Crippen LogP contribution in [0.3, 0.4) is 0 Å². The molecule has 17 heavy (non-hydrogen) atoms. The van der Waals surface area contributed by atoms with Gasteiger partial charge in [0.1, 0.15) is 5.75 Å². The largest absolute Gasteiger partial charge is 0.496 e. The van der Waals surface area contributed by atoms with Gasteiger partial charge in [-0.15, -0.1) is 0 Å². The Morgan fingerprint density at radius 1 is 1.47 bits per heavy atom. The molecule has 1 saturated heterocycles. The van der Waals surface area contributed by atoms with Gasteiger partial charge in [-0.05, 0) is 37.4 Å². The third-order valence-electron chi connectivity index (χ3n) is 3.22. The molecule has 94 valence electrons. The summed E-state index contributed by atoms with van der Waals surface area (Å²) >= 11 is 0. The molecule has 1 N–H and O–H groups in total. The molecular weight excluding hydrogens is 224 g/mol. The first kappa shape index (κ1) is 12.3. The topological polar surface area (TPSA) is 21.3 Å². The highest BCUT2D eigenvalue weighted by molar-refractivity contribution is 5.41. The van der Waals surface area contributed by atoms with Crippen LogP contribution >= 0.6 is 0 Å². The highest BCUT2D eigenvalue weighted by atomic mass is 19.3. The smallest absolute Gasteiger partial charge is 0.267 e. The molecule has 1 heterocycles. The number of hydrogen-bond donors (Lipinski definition) is 1. The van der Waals surface area contributed by atoms with E-state index >= 15 is 0 Å². The zero-order valence-electron chi connectivity index (χ0n) is 9.88. The fourth-order valence-corrected chi connectivity index (χ4v) is 2.39. The summed E-state index contributed by atoms with van der Waals surface area (Å²) in [7, 11) is 1.43. The molecule has 1 unspecified atom stereocenters. The quantitative estimate of drug-likeness (QED) is 0.875. The Balaban J connectivity index is 2.25. The van der Waals surface area contributed by atoms with Crippen LogP contribution in [0.15, 0.2) is 18.2 Å². The summed E-state index contributed by atoms with van der Waals surface area (Å²) in [4.78, 5) is 0. The van der Waals surface area contributed by atoms with Crippen molar-refractivity contribution >= 4 is 0 Å². The number of benzene rings is 1. The molecule has 1 aliphatic heterocycles. The van der Waals surface area contributed by atoms with Crippen molar-refractivity contribution in [3.8, 4) is 5.75 Å². The molecule has 0 aromatic heterocycles. The van der Waals surface area contributed by atoms with Crippen LogP contribution < -0.4 is 10.1 Å². The molecule has 0 aliphatic carbocycles. The Labute approximate surface area is 100.0 Å². The number of halogens is 2. The van der Waals surface area contributed by atoms with E-state index in [1.54, 1.807) is 18.2 Å². The van der Waals surface area contributed by atoms with Crippen molar-refractivity contribution in [3.05, 3.63) is 29.3 Å². The van der Waals surface area contributed by atoms with Crippen LogP contribution in [0.5, 0.6) is 5.75 Å². The van der Waals surface area contributed by atoms with Gasteiger partial charge in [-0.2, -0.15) is 0 Å². The fraction of sp³-hybridized carbons (Fsp3) is 0.538. The monoisotopic (exact) mass is 241 g/mol. The zero-order chi connectivity index (χ0) is 12.3. The summed E-state index contributed by atoms with van der Waals surface area (Å²) in [6, 6.07) is 5.45. The average molecular weight is 241 g/mol. The van der Waals surface area contributed by atoms with E-state index in [9.17, 15) is 8.78 Å². The number of methoxy groups -OCH3 is 1. The van der Waals surface area contributed by atoms with Gasteiger partial charge in [-0.1, -0.05) is 12.1 Å². The van der Waals surface area contributed by atoms with Gasteiger partial charge in [0, 0.05) is 6.04 Å². The molecule has 2 rings (SSSR count). The first-order valence-corrected chi connectivity index (χ1v) is 5.89. The van der Waals surface area contributed by atoms with E-state index in [1.807, 2.05) is 0 Å². The highest BCUT2D eigenvalue weighted by Crippen LogP contribution is 2.33. The minimum Gasteiger partial charge on any atom is -0.496 e. The molecule has 0 saturated carbocycles. The van der Waals surface area contributed by atoms with Gasteiger partial charge in [0.05, 0.1) is 12.7 Å². The fourth-order valence-electron chi connectivity index (χ4n) is 2.39. The van der Waals surface area contributed by atoms with E-state index in [2.05, 4.69) is 5.32 Å². The maximum absolute atomic E-state index is 13.0. The predicted molar refractivity (Wildman–Crippen MR) is 62.7 cm³/mol. The molecule has 1 atom stereocenters. The lowest BCUT2D eigenvalue weighted by atomic mass is 9.99. The van der Waals surface area contributed by atoms with Crippen LogP contribution in [-0.2, 0) is 6.42 Å². The van der Waals surface area contributed by atoms with Crippen molar-refractivity contribution in [1.82, 2.24) is 5.32 Å². The van der Waals surface area contributed by atoms with Crippen molar-refractivity contribution in [1.29, 1.82) is 0 Å². The second-order valence-corrected chi connectivity index (χ2v) is 4.33. The van der Waals surface area contributed by atoms with E-state index in [4.69, 9.17) is 4.74 Å². The van der Waals surface area contributed by atoms with Crippen molar-refractivity contribution in [3.63, 3.8) is 0 Å². The lowest BCUT2D eigenvalue weighted by Gasteiger charge is -2.16. The molecular formula is C13H17F2NO. The van der Waals surface area contributed by atoms with Crippen LogP contribution in [-0.4, -0.2) is 19.7 Å². The van der Waals surface area contributed by atoms with Crippen LogP contribution in [0.1, 0.15) is 30.4 Å². The second-order valence-electron chi connectivity index (χ2n) is 4.33. The van der Waals surface area contributed by atoms with Gasteiger partial charge in [0.15, 0.2) is 0 Å². The minimum absolute atomic E-state index is 0.0451. The van der Waals surface area contributed by atoms with Gasteiger partial charge in [0.25, 0.3) is 6.43 Å². The molecule has 0 radical (unpaired) electrons. The second kappa shape index (κ2) is 5.45. The molecule has 1 aromatic rings. The maximum Gasteiger partial charge on any atom is 0.267 e. The number of ether oxygens (including phenoxy) is 1. The average Bonchev–Trinajstić information content (AvgIpc) is 2.81. The van der Waals surface area contributed by atoms with E-state index < -0.39 is 6.43 Å². The molecule has 2 nitrogen and oxygen atoms in total. The van der Waals surface area contributed by atoms with Gasteiger partial charge >= 0.3 is 0 Å². The van der Waals surface area contributed by atoms with E-state index in [0.717, 1.165) is 19.4 Å². The molecule has 1 aliphatic rings. The van der Waals surface area contributed by atoms with Gasteiger partial charge in [0.2, 0.25) is 0 Å². The Kier molecular flexibility index (Phi) is 3.94. The van der Waals surface area contributed by atoms with Gasteiger partial charge < -0.3 is 10.1 Å². The molecule has 4 heteroatoms. The molecule has 0 bridgehead atoms. The first-order chi connectivity index (χ1) is 8.22. The standard InChI is InChI=1S/C13H17F2NO/c1-17-11-6-2-4-9(12(11)13(14)15)8-10-5-3-7-16-10/h2,4,6,10,13,16H,3,5,7-8H2,1H3. The van der Waals surface area contributed by atoms with Crippen molar-refractivity contribution in [2.24, 2.45) is 0 Å². The van der Waals surface area contributed by atoms with Gasteiger partial charge in [-0.25, -0.2) is 8.78 Å². The van der Waals surface area contributed by atoms with Crippen molar-refractivity contribution in [2.45, 2.75) is 31.7 Å². The van der Waals surface area contributed by atoms with Crippen LogP contribution in [0.2, 0.25) is 0 Å². The summed E-state index contributed by atoms with van der Waals surface area (Å²) in [5.41, 5.74) is 0.738. The lowest BCUT2D eigenvalue weighted by molar-refractivity contribution is 0.145. The normalized spacial score (nSPS) is 19.9. The predicted octanol–water partition coefficient (Wildman–Crippen LogP) is 2.93. The number of hydrogen-bond acceptors (Lipinski definition) is 2. The maximum atomic E-state index is 13.0. The Morgan fingerprint density at radius 3 is 2.88 bits per heavy atom. The van der Waals surface area contributed by atoms with Crippen molar-refractivity contribution < 1.29 is 13.5 Å². The molecule has 1 aromatic carbocycles. The van der Waals surface area contributed by atoms with Crippen LogP contribution in [0.4, 0.5) is 8.78 Å². The minimum atomic E-state index is -2.48. The van der Waals surface area contributed by atoms with E-state index in [0.29, 0.717) is 18.0 Å². The Morgan fingerprint density at radius 2 is 2.29 bits per heavy atom. The Hall–Kier alpha value is -1.16. The lowest BCUT2D eigenvalue weighted by Crippen LogP contribution is -2.24. The summed E-state index contributed by atoms with van der Waals surface area (Å²) < 4.78 is 31.1. The number of nitrogens with one attached hydrogen (secondary N) is 1. The Bertz CT molecular complexity index is 376. The number of rotatable bonds is 4. The van der Waals surface area contributed by atoms with E-state index in [-0.39, 0.29) is 11.3 Å². The summed E-state index contributed by atoms with van der Waals surface area (Å²) in [6.45, 7) is 0.985. The summed E-state index contributed by atoms with van der Waals surface area (Å²) in [6.07, 6.45) is 0.345. The third-order valence-corrected chi connectivity index (χ3v) is 3.22. The number of alkyl halides is 2. The SMILES string of the molecule is COc1cccc(CC2CCCN2)c1C(F)F. The van der Waals surface area contributed by atoms with Crippen molar-refractivity contribution in [2.75, 3.05) is 13.7 Å². The molecule has 0 amide bonds. The van der Waals surface area contributed by atoms with Crippen LogP contribution in [0.25, 0.3) is 0 Å². The van der Waals surface area contributed by atoms with Gasteiger partial charge in [-0.3, -0.25) is 0 Å². The highest BCUT2D eigenvalue weighted by Gasteiger charge is 2.22. The zero-order valence-corrected chi connectivity index (χ0v) is 9.88. The third kappa shape index (κ3) is 2.75. The summed E-state index contributed by atoms with van der Waals surface area (Å²) in [5, 5.41) is 3.32.